The molecule has 0 atom stereocenters. The summed E-state index contributed by atoms with van der Waals surface area (Å²) in [5.74, 6) is 0. The van der Waals surface area contributed by atoms with E-state index in [1.54, 1.807) is 6.08 Å². The molecule has 0 aromatic heterocycles. The molecule has 0 rings (SSSR count). The van der Waals surface area contributed by atoms with Gasteiger partial charge in [0.05, 0.1) is 13.2 Å². The van der Waals surface area contributed by atoms with Crippen molar-refractivity contribution in [3.05, 3.63) is 25.3 Å². The van der Waals surface area contributed by atoms with Gasteiger partial charge in [0.15, 0.2) is 0 Å². The van der Waals surface area contributed by atoms with Crippen LogP contribution in [0.1, 0.15) is 6.92 Å². The Labute approximate surface area is 75.5 Å². The van der Waals surface area contributed by atoms with E-state index in [1.165, 1.54) is 0 Å². The maximum atomic E-state index is 5.27. The van der Waals surface area contributed by atoms with Crippen LogP contribution in [0.2, 0.25) is 0 Å². The van der Waals surface area contributed by atoms with Gasteiger partial charge in [0.2, 0.25) is 0 Å². The number of ether oxygens (including phenoxy) is 1. The van der Waals surface area contributed by atoms with Crippen molar-refractivity contribution in [1.82, 2.24) is 4.90 Å². The van der Waals surface area contributed by atoms with E-state index < -0.39 is 0 Å². The normalized spacial score (nSPS) is 10.2. The molecule has 0 aliphatic rings. The summed E-state index contributed by atoms with van der Waals surface area (Å²) in [5.41, 5.74) is 0. The number of rotatable bonds is 8. The lowest BCUT2D eigenvalue weighted by Crippen LogP contribution is -2.27. The van der Waals surface area contributed by atoms with Gasteiger partial charge in [-0.15, -0.1) is 13.2 Å². The van der Waals surface area contributed by atoms with E-state index in [0.29, 0.717) is 6.61 Å². The lowest BCUT2D eigenvalue weighted by molar-refractivity contribution is 0.131. The molecule has 0 saturated carbocycles. The zero-order valence-electron chi connectivity index (χ0n) is 7.96. The lowest BCUT2D eigenvalue weighted by Gasteiger charge is -2.17. The highest BCUT2D eigenvalue weighted by Gasteiger charge is 1.97. The van der Waals surface area contributed by atoms with Crippen molar-refractivity contribution in [3.8, 4) is 0 Å². The third-order valence-electron chi connectivity index (χ3n) is 1.62. The molecule has 0 amide bonds. The number of likely N-dealkylation sites (N-methyl/N-ethyl adjacent to an activating group) is 1. The third kappa shape index (κ3) is 6.13. The third-order valence-corrected chi connectivity index (χ3v) is 1.62. The monoisotopic (exact) mass is 169 g/mol. The Kier molecular flexibility index (Phi) is 8.07. The molecular formula is C10H19NO. The first-order chi connectivity index (χ1) is 5.85. The summed E-state index contributed by atoms with van der Waals surface area (Å²) < 4.78 is 5.27. The Morgan fingerprint density at radius 3 is 2.58 bits per heavy atom. The Hall–Kier alpha value is -0.600. The topological polar surface area (TPSA) is 12.5 Å². The predicted octanol–water partition coefficient (Wildman–Crippen LogP) is 1.70. The average Bonchev–Trinajstić information content (AvgIpc) is 2.10. The van der Waals surface area contributed by atoms with E-state index in [2.05, 4.69) is 25.0 Å². The van der Waals surface area contributed by atoms with Gasteiger partial charge >= 0.3 is 0 Å². The molecule has 0 aromatic carbocycles. The Morgan fingerprint density at radius 2 is 2.08 bits per heavy atom. The van der Waals surface area contributed by atoms with Gasteiger partial charge in [0.1, 0.15) is 0 Å². The number of nitrogens with zero attached hydrogens (tertiary/aromatic N) is 1. The van der Waals surface area contributed by atoms with Crippen LogP contribution in [0.3, 0.4) is 0 Å². The van der Waals surface area contributed by atoms with Gasteiger partial charge in [-0.3, -0.25) is 4.90 Å². The van der Waals surface area contributed by atoms with E-state index >= 15 is 0 Å². The summed E-state index contributed by atoms with van der Waals surface area (Å²) >= 11 is 0. The molecule has 0 bridgehead atoms. The molecule has 0 unspecified atom stereocenters. The molecule has 0 saturated heterocycles. The largest absolute Gasteiger partial charge is 0.376 e. The molecule has 12 heavy (non-hydrogen) atoms. The van der Waals surface area contributed by atoms with Crippen LogP contribution in [0.4, 0.5) is 0 Å². The van der Waals surface area contributed by atoms with Crippen molar-refractivity contribution in [2.75, 3.05) is 32.8 Å². The smallest absolute Gasteiger partial charge is 0.0645 e. The Balaban J connectivity index is 3.30. The summed E-state index contributed by atoms with van der Waals surface area (Å²) in [6.07, 6.45) is 3.68. The molecule has 0 N–H and O–H groups in total. The van der Waals surface area contributed by atoms with Crippen LogP contribution in [-0.2, 0) is 4.74 Å². The van der Waals surface area contributed by atoms with Crippen molar-refractivity contribution < 1.29 is 4.74 Å². The lowest BCUT2D eigenvalue weighted by atomic mass is 10.4. The molecule has 2 heteroatoms. The maximum absolute atomic E-state index is 5.27. The SMILES string of the molecule is C=CCOCCN(CC)CC=C. The van der Waals surface area contributed by atoms with Crippen molar-refractivity contribution in [1.29, 1.82) is 0 Å². The molecule has 70 valence electrons. The molecule has 2 nitrogen and oxygen atoms in total. The summed E-state index contributed by atoms with van der Waals surface area (Å²) in [6.45, 7) is 13.8. The van der Waals surface area contributed by atoms with Crippen LogP contribution in [-0.4, -0.2) is 37.7 Å². The first kappa shape index (κ1) is 11.4. The first-order valence-electron chi connectivity index (χ1n) is 4.37. The summed E-state index contributed by atoms with van der Waals surface area (Å²) in [4.78, 5) is 2.27. The first-order valence-corrected chi connectivity index (χ1v) is 4.37. The molecule has 0 heterocycles. The highest BCUT2D eigenvalue weighted by molar-refractivity contribution is 4.72. The molecule has 0 aliphatic heterocycles. The molecule has 0 radical (unpaired) electrons. The molecule has 0 fully saturated rings. The average molecular weight is 169 g/mol. The van der Waals surface area contributed by atoms with Crippen LogP contribution in [0, 0.1) is 0 Å². The van der Waals surface area contributed by atoms with Crippen LogP contribution in [0.5, 0.6) is 0 Å². The van der Waals surface area contributed by atoms with Gasteiger partial charge in [-0.1, -0.05) is 19.1 Å². The zero-order chi connectivity index (χ0) is 9.23. The Morgan fingerprint density at radius 1 is 1.33 bits per heavy atom. The molecule has 0 aromatic rings. The molecule has 0 spiro atoms. The summed E-state index contributed by atoms with van der Waals surface area (Å²) in [7, 11) is 0. The van der Waals surface area contributed by atoms with Crippen molar-refractivity contribution in [2.24, 2.45) is 0 Å². The fourth-order valence-corrected chi connectivity index (χ4v) is 0.921. The molecule has 0 aliphatic carbocycles. The van der Waals surface area contributed by atoms with Crippen LogP contribution >= 0.6 is 0 Å². The van der Waals surface area contributed by atoms with Crippen molar-refractivity contribution in [3.63, 3.8) is 0 Å². The van der Waals surface area contributed by atoms with Gasteiger partial charge in [0, 0.05) is 13.1 Å². The molecular weight excluding hydrogens is 150 g/mol. The zero-order valence-corrected chi connectivity index (χ0v) is 7.96. The standard InChI is InChI=1S/C10H19NO/c1-4-7-11(6-3)8-10-12-9-5-2/h4-5H,1-2,6-10H2,3H3. The fraction of sp³-hybridized carbons (Fsp3) is 0.600. The fourth-order valence-electron chi connectivity index (χ4n) is 0.921. The predicted molar refractivity (Wildman–Crippen MR) is 53.3 cm³/mol. The quantitative estimate of drug-likeness (QED) is 0.405. The van der Waals surface area contributed by atoms with Gasteiger partial charge < -0.3 is 4.74 Å². The highest BCUT2D eigenvalue weighted by atomic mass is 16.5. The van der Waals surface area contributed by atoms with E-state index in [4.69, 9.17) is 4.74 Å². The van der Waals surface area contributed by atoms with Gasteiger partial charge in [0.25, 0.3) is 0 Å². The second kappa shape index (κ2) is 8.50. The second-order valence-electron chi connectivity index (χ2n) is 2.55. The summed E-state index contributed by atoms with van der Waals surface area (Å²) in [6, 6.07) is 0. The maximum Gasteiger partial charge on any atom is 0.0645 e. The highest BCUT2D eigenvalue weighted by Crippen LogP contribution is 1.88. The van der Waals surface area contributed by atoms with E-state index in [9.17, 15) is 0 Å². The van der Waals surface area contributed by atoms with Crippen molar-refractivity contribution in [2.45, 2.75) is 6.92 Å². The number of hydrogen-bond donors (Lipinski definition) is 0. The minimum absolute atomic E-state index is 0.644. The number of hydrogen-bond acceptors (Lipinski definition) is 2. The van der Waals surface area contributed by atoms with Gasteiger partial charge in [-0.25, -0.2) is 0 Å². The van der Waals surface area contributed by atoms with Gasteiger partial charge in [-0.05, 0) is 6.54 Å². The minimum atomic E-state index is 0.644. The van der Waals surface area contributed by atoms with E-state index in [0.717, 1.165) is 26.2 Å². The summed E-state index contributed by atoms with van der Waals surface area (Å²) in [5, 5.41) is 0. The second-order valence-corrected chi connectivity index (χ2v) is 2.55. The van der Waals surface area contributed by atoms with Gasteiger partial charge in [-0.2, -0.15) is 0 Å². The minimum Gasteiger partial charge on any atom is -0.376 e. The van der Waals surface area contributed by atoms with Crippen LogP contribution < -0.4 is 0 Å². The van der Waals surface area contributed by atoms with Crippen LogP contribution in [0.25, 0.3) is 0 Å². The van der Waals surface area contributed by atoms with Crippen molar-refractivity contribution >= 4 is 0 Å². The Bertz CT molecular complexity index is 123. The van der Waals surface area contributed by atoms with E-state index in [1.807, 2.05) is 6.08 Å². The van der Waals surface area contributed by atoms with Crippen LogP contribution in [0.15, 0.2) is 25.3 Å². The van der Waals surface area contributed by atoms with E-state index in [-0.39, 0.29) is 0 Å².